The number of nitrogens with one attached hydrogen (secondary N) is 2. The minimum atomic E-state index is -0.984. The van der Waals surface area contributed by atoms with Crippen molar-refractivity contribution in [1.82, 2.24) is 20.1 Å². The zero-order valence-electron chi connectivity index (χ0n) is 23.0. The Hall–Kier alpha value is -2.39. The van der Waals surface area contributed by atoms with Crippen LogP contribution in [0.2, 0.25) is 0 Å². The number of nitrogens with zero attached hydrogens (tertiary/aromatic N) is 3. The van der Waals surface area contributed by atoms with Gasteiger partial charge in [0.15, 0.2) is 0 Å². The van der Waals surface area contributed by atoms with Crippen molar-refractivity contribution in [2.75, 3.05) is 44.7 Å². The van der Waals surface area contributed by atoms with E-state index in [0.717, 1.165) is 82.5 Å². The summed E-state index contributed by atoms with van der Waals surface area (Å²) in [6.07, 6.45) is 8.56. The zero-order valence-corrected chi connectivity index (χ0v) is 23.0. The molecule has 2 aliphatic heterocycles. The van der Waals surface area contributed by atoms with Crippen LogP contribution in [0.1, 0.15) is 77.0 Å². The highest BCUT2D eigenvalue weighted by Gasteiger charge is 2.31. The Morgan fingerprint density at radius 3 is 2.70 bits per heavy atom. The summed E-state index contributed by atoms with van der Waals surface area (Å²) in [5.74, 6) is 0.0553. The summed E-state index contributed by atoms with van der Waals surface area (Å²) in [6, 6.07) is 3.42. The lowest BCUT2D eigenvalue weighted by atomic mass is 9.98. The number of carboxylic acids is 1. The first kappa shape index (κ1) is 29.2. The Morgan fingerprint density at radius 2 is 1.97 bits per heavy atom. The van der Waals surface area contributed by atoms with Crippen LogP contribution >= 0.6 is 0 Å². The number of hydrogen-bond acceptors (Lipinski definition) is 6. The van der Waals surface area contributed by atoms with E-state index in [0.29, 0.717) is 26.2 Å². The van der Waals surface area contributed by atoms with Gasteiger partial charge in [-0.25, -0.2) is 14.6 Å². The van der Waals surface area contributed by atoms with Crippen molar-refractivity contribution in [3.05, 3.63) is 23.4 Å². The molecule has 37 heavy (non-hydrogen) atoms. The number of fused-ring (bicyclic) bond motifs is 1. The topological polar surface area (TPSA) is 107 Å². The molecule has 3 unspecified atom stereocenters. The van der Waals surface area contributed by atoms with Gasteiger partial charge in [0.25, 0.3) is 0 Å². The average Bonchev–Trinajstić information content (AvgIpc) is 2.88. The summed E-state index contributed by atoms with van der Waals surface area (Å²) < 4.78 is 5.56. The first-order valence-corrected chi connectivity index (χ1v) is 14.2. The van der Waals surface area contributed by atoms with E-state index in [1.807, 2.05) is 25.7 Å². The van der Waals surface area contributed by atoms with E-state index in [1.165, 1.54) is 5.56 Å². The van der Waals surface area contributed by atoms with E-state index in [4.69, 9.17) is 9.72 Å². The van der Waals surface area contributed by atoms with Crippen LogP contribution in [-0.4, -0.2) is 89.4 Å². The molecule has 1 aromatic heterocycles. The fourth-order valence-electron chi connectivity index (χ4n) is 5.44. The van der Waals surface area contributed by atoms with Crippen LogP contribution in [0.25, 0.3) is 0 Å². The molecule has 3 atom stereocenters. The van der Waals surface area contributed by atoms with E-state index in [2.05, 4.69) is 27.7 Å². The summed E-state index contributed by atoms with van der Waals surface area (Å²) >= 11 is 0. The largest absolute Gasteiger partial charge is 0.480 e. The van der Waals surface area contributed by atoms with Crippen molar-refractivity contribution in [1.29, 1.82) is 0 Å². The van der Waals surface area contributed by atoms with Gasteiger partial charge in [0.1, 0.15) is 11.9 Å². The van der Waals surface area contributed by atoms with Crippen LogP contribution in [0.5, 0.6) is 0 Å². The maximum absolute atomic E-state index is 12.9. The van der Waals surface area contributed by atoms with Crippen molar-refractivity contribution in [3.8, 4) is 0 Å². The van der Waals surface area contributed by atoms with Gasteiger partial charge in [-0.15, -0.1) is 0 Å². The van der Waals surface area contributed by atoms with E-state index in [9.17, 15) is 14.7 Å². The van der Waals surface area contributed by atoms with Gasteiger partial charge < -0.3 is 30.3 Å². The number of pyridine rings is 1. The molecule has 0 bridgehead atoms. The number of piperidine rings is 1. The molecule has 0 aliphatic carbocycles. The molecule has 9 nitrogen and oxygen atoms in total. The number of anilines is 1. The number of aromatic nitrogens is 1. The van der Waals surface area contributed by atoms with Crippen LogP contribution in [0, 0.1) is 0 Å². The summed E-state index contributed by atoms with van der Waals surface area (Å²) in [5.41, 5.74) is 2.42. The number of carbonyl (C=O) groups is 2. The number of aryl methyl sites for hydroxylation is 2. The highest BCUT2D eigenvalue weighted by Crippen LogP contribution is 2.23. The van der Waals surface area contributed by atoms with E-state index >= 15 is 0 Å². The van der Waals surface area contributed by atoms with Crippen molar-refractivity contribution in [2.24, 2.45) is 0 Å². The number of unbranched alkanes of at least 4 members (excludes halogenated alkanes) is 1. The fraction of sp³-hybridized carbons (Fsp3) is 0.750. The van der Waals surface area contributed by atoms with Crippen LogP contribution in [0.4, 0.5) is 10.6 Å². The van der Waals surface area contributed by atoms with Crippen molar-refractivity contribution < 1.29 is 19.4 Å². The van der Waals surface area contributed by atoms with Gasteiger partial charge in [-0.1, -0.05) is 6.07 Å². The Labute approximate surface area is 222 Å². The molecule has 3 N–H and O–H groups in total. The van der Waals surface area contributed by atoms with Gasteiger partial charge >= 0.3 is 12.0 Å². The third kappa shape index (κ3) is 9.14. The smallest absolute Gasteiger partial charge is 0.326 e. The molecule has 2 amide bonds. The number of hydrogen-bond donors (Lipinski definition) is 3. The Morgan fingerprint density at radius 1 is 1.19 bits per heavy atom. The average molecular weight is 518 g/mol. The molecule has 1 saturated heterocycles. The monoisotopic (exact) mass is 517 g/mol. The summed E-state index contributed by atoms with van der Waals surface area (Å²) in [7, 11) is 0. The highest BCUT2D eigenvalue weighted by molar-refractivity contribution is 5.83. The lowest BCUT2D eigenvalue weighted by Crippen LogP contribution is -2.55. The molecule has 2 aliphatic rings. The third-order valence-electron chi connectivity index (χ3n) is 7.62. The molecule has 0 radical (unpaired) electrons. The van der Waals surface area contributed by atoms with E-state index in [1.54, 1.807) is 0 Å². The minimum Gasteiger partial charge on any atom is -0.480 e. The lowest BCUT2D eigenvalue weighted by Gasteiger charge is -2.39. The van der Waals surface area contributed by atoms with Crippen LogP contribution in [0.3, 0.4) is 0 Å². The predicted octanol–water partition coefficient (Wildman–Crippen LogP) is 3.92. The lowest BCUT2D eigenvalue weighted by molar-refractivity contribution is -0.139. The number of ether oxygens (including phenoxy) is 1. The van der Waals surface area contributed by atoms with E-state index in [-0.39, 0.29) is 18.1 Å². The molecule has 0 saturated carbocycles. The standard InChI is InChI=1S/C28H47N5O4/c1-4-37-20-19-32(17-6-5-12-24-14-13-23-11-8-16-29-26(23)30-24)18-15-25(27(34)35)31-28(36)33-21(2)9-7-10-22(33)3/h13-14,21-22,25H,4-12,15-20H2,1-3H3,(H,29,30)(H,31,36)(H,34,35). The number of aliphatic carboxylic acids is 1. The number of rotatable bonds is 14. The van der Waals surface area contributed by atoms with Crippen molar-refractivity contribution in [2.45, 2.75) is 96.7 Å². The Bertz CT molecular complexity index is 857. The molecule has 208 valence electrons. The van der Waals surface area contributed by atoms with Gasteiger partial charge in [-0.05, 0) is 96.7 Å². The number of urea groups is 1. The predicted molar refractivity (Wildman–Crippen MR) is 146 cm³/mol. The van der Waals surface area contributed by atoms with Gasteiger partial charge in [0.05, 0.1) is 6.61 Å². The number of amides is 2. The Balaban J connectivity index is 1.48. The second-order valence-electron chi connectivity index (χ2n) is 10.5. The van der Waals surface area contributed by atoms with Crippen molar-refractivity contribution >= 4 is 17.8 Å². The Kier molecular flexibility index (Phi) is 11.9. The molecule has 3 heterocycles. The minimum absolute atomic E-state index is 0.126. The molecular weight excluding hydrogens is 470 g/mol. The number of carbonyl (C=O) groups excluding carboxylic acids is 1. The molecule has 0 spiro atoms. The van der Waals surface area contributed by atoms with Gasteiger partial charge in [-0.3, -0.25) is 0 Å². The van der Waals surface area contributed by atoms with Gasteiger partial charge in [0.2, 0.25) is 0 Å². The summed E-state index contributed by atoms with van der Waals surface area (Å²) in [4.78, 5) is 33.8. The molecule has 3 rings (SSSR count). The molecular formula is C28H47N5O4. The normalized spacial score (nSPS) is 20.3. The van der Waals surface area contributed by atoms with Crippen LogP contribution < -0.4 is 10.6 Å². The number of likely N-dealkylation sites (tertiary alicyclic amines) is 1. The van der Waals surface area contributed by atoms with Crippen LogP contribution in [-0.2, 0) is 22.4 Å². The van der Waals surface area contributed by atoms with Gasteiger partial charge in [-0.2, -0.15) is 0 Å². The number of carboxylic acid groups (broad SMARTS) is 1. The maximum Gasteiger partial charge on any atom is 0.326 e. The summed E-state index contributed by atoms with van der Waals surface area (Å²) in [5, 5.41) is 16.0. The zero-order chi connectivity index (χ0) is 26.6. The molecule has 9 heteroatoms. The first-order chi connectivity index (χ1) is 17.9. The van der Waals surface area contributed by atoms with Gasteiger partial charge in [0, 0.05) is 44.0 Å². The van der Waals surface area contributed by atoms with Crippen LogP contribution in [0.15, 0.2) is 12.1 Å². The maximum atomic E-state index is 12.9. The molecule has 1 aromatic rings. The third-order valence-corrected chi connectivity index (χ3v) is 7.62. The molecule has 1 fully saturated rings. The second-order valence-corrected chi connectivity index (χ2v) is 10.5. The second kappa shape index (κ2) is 15.1. The SMILES string of the molecule is CCOCCN(CCCCc1ccc2c(n1)NCCC2)CCC(NC(=O)N1C(C)CCCC1C)C(=O)O. The van der Waals surface area contributed by atoms with E-state index < -0.39 is 12.0 Å². The summed E-state index contributed by atoms with van der Waals surface area (Å²) in [6.45, 7) is 10.5. The van der Waals surface area contributed by atoms with Crippen molar-refractivity contribution in [3.63, 3.8) is 0 Å². The molecule has 0 aromatic carbocycles. The first-order valence-electron chi connectivity index (χ1n) is 14.2. The quantitative estimate of drug-likeness (QED) is 0.321. The highest BCUT2D eigenvalue weighted by atomic mass is 16.5. The fourth-order valence-corrected chi connectivity index (χ4v) is 5.44.